The molecule has 0 N–H and O–H groups in total. The number of hydrogen-bond donors (Lipinski definition) is 0. The van der Waals surface area contributed by atoms with Gasteiger partial charge < -0.3 is 9.47 Å². The number of ether oxygens (including phenoxy) is 2. The molecule has 0 saturated heterocycles. The Hall–Kier alpha value is -2.62. The van der Waals surface area contributed by atoms with Gasteiger partial charge in [-0.15, -0.1) is 0 Å². The van der Waals surface area contributed by atoms with E-state index >= 15 is 0 Å². The Kier molecular flexibility index (Phi) is 5.52. The molecular formula is C19H20O4. The Balaban J connectivity index is 1.83. The summed E-state index contributed by atoms with van der Waals surface area (Å²) in [6.07, 6.45) is -0.0321. The molecule has 0 aliphatic heterocycles. The predicted octanol–water partition coefficient (Wildman–Crippen LogP) is 3.90. The average molecular weight is 312 g/mol. The quantitative estimate of drug-likeness (QED) is 0.620. The maximum atomic E-state index is 11.8. The van der Waals surface area contributed by atoms with Crippen LogP contribution in [-0.2, 0) is 9.59 Å². The van der Waals surface area contributed by atoms with Gasteiger partial charge >= 0.3 is 11.9 Å². The van der Waals surface area contributed by atoms with E-state index in [-0.39, 0.29) is 12.8 Å². The molecule has 0 heterocycles. The van der Waals surface area contributed by atoms with Crippen molar-refractivity contribution in [2.24, 2.45) is 0 Å². The van der Waals surface area contributed by atoms with Crippen molar-refractivity contribution in [2.45, 2.75) is 33.6 Å². The molecule has 4 nitrogen and oxygen atoms in total. The number of rotatable bonds is 5. The minimum Gasteiger partial charge on any atom is -0.427 e. The van der Waals surface area contributed by atoms with Crippen LogP contribution in [0, 0.1) is 20.8 Å². The highest BCUT2D eigenvalue weighted by Gasteiger charge is 2.12. The molecule has 0 spiro atoms. The number of esters is 2. The third-order valence-corrected chi connectivity index (χ3v) is 3.56. The number of carbonyl (C=O) groups excluding carboxylic acids is 2. The fraction of sp³-hybridized carbons (Fsp3) is 0.263. The van der Waals surface area contributed by atoms with Gasteiger partial charge in [0.1, 0.15) is 11.5 Å². The largest absolute Gasteiger partial charge is 0.427 e. The lowest BCUT2D eigenvalue weighted by Gasteiger charge is -2.08. The molecule has 0 fully saturated rings. The SMILES string of the molecule is Cc1ccc(OC(=O)CCC(=O)Oc2ccccc2C)cc1C. The van der Waals surface area contributed by atoms with E-state index in [0.29, 0.717) is 11.5 Å². The third-order valence-electron chi connectivity index (χ3n) is 3.56. The molecule has 120 valence electrons. The fourth-order valence-electron chi connectivity index (χ4n) is 2.01. The van der Waals surface area contributed by atoms with Crippen molar-refractivity contribution < 1.29 is 19.1 Å². The molecule has 2 aromatic rings. The molecule has 4 heteroatoms. The smallest absolute Gasteiger partial charge is 0.311 e. The first kappa shape index (κ1) is 16.7. The van der Waals surface area contributed by atoms with Crippen molar-refractivity contribution in [2.75, 3.05) is 0 Å². The van der Waals surface area contributed by atoms with Crippen molar-refractivity contribution in [1.82, 2.24) is 0 Å². The number of aryl methyl sites for hydroxylation is 3. The molecule has 0 aliphatic carbocycles. The van der Waals surface area contributed by atoms with Crippen LogP contribution in [-0.4, -0.2) is 11.9 Å². The van der Waals surface area contributed by atoms with Crippen LogP contribution in [0.5, 0.6) is 11.5 Å². The van der Waals surface area contributed by atoms with Crippen LogP contribution < -0.4 is 9.47 Å². The average Bonchev–Trinajstić information content (AvgIpc) is 2.51. The topological polar surface area (TPSA) is 52.6 Å². The molecule has 0 aromatic heterocycles. The minimum atomic E-state index is -0.449. The standard InChI is InChI=1S/C19H20O4/c1-13-8-9-16(12-15(13)3)22-18(20)10-11-19(21)23-17-7-5-4-6-14(17)2/h4-9,12H,10-11H2,1-3H3. The first-order valence-electron chi connectivity index (χ1n) is 7.50. The molecule has 0 radical (unpaired) electrons. The van der Waals surface area contributed by atoms with Crippen LogP contribution in [0.15, 0.2) is 42.5 Å². The van der Waals surface area contributed by atoms with E-state index in [4.69, 9.17) is 9.47 Å². The number of benzene rings is 2. The van der Waals surface area contributed by atoms with E-state index in [9.17, 15) is 9.59 Å². The number of para-hydroxylation sites is 1. The second-order valence-corrected chi connectivity index (χ2v) is 5.46. The Bertz CT molecular complexity index is 719. The lowest BCUT2D eigenvalue weighted by Crippen LogP contribution is -2.14. The lowest BCUT2D eigenvalue weighted by molar-refractivity contribution is -0.140. The van der Waals surface area contributed by atoms with Gasteiger partial charge in [0.15, 0.2) is 0 Å². The van der Waals surface area contributed by atoms with Gasteiger partial charge in [-0.25, -0.2) is 0 Å². The van der Waals surface area contributed by atoms with Gasteiger partial charge in [-0.05, 0) is 55.7 Å². The molecule has 2 rings (SSSR count). The summed E-state index contributed by atoms with van der Waals surface area (Å²) in [7, 11) is 0. The number of carbonyl (C=O) groups is 2. The summed E-state index contributed by atoms with van der Waals surface area (Å²) in [5.41, 5.74) is 3.06. The van der Waals surface area contributed by atoms with Gasteiger partial charge in [-0.1, -0.05) is 24.3 Å². The molecule has 0 aliphatic rings. The van der Waals surface area contributed by atoms with Gasteiger partial charge in [-0.2, -0.15) is 0 Å². The minimum absolute atomic E-state index is 0.0159. The molecule has 0 bridgehead atoms. The summed E-state index contributed by atoms with van der Waals surface area (Å²) in [6.45, 7) is 5.80. The Morgan fingerprint density at radius 1 is 0.783 bits per heavy atom. The lowest BCUT2D eigenvalue weighted by atomic mass is 10.1. The van der Waals surface area contributed by atoms with Crippen LogP contribution in [0.1, 0.15) is 29.5 Å². The summed E-state index contributed by atoms with van der Waals surface area (Å²) >= 11 is 0. The molecular weight excluding hydrogens is 292 g/mol. The van der Waals surface area contributed by atoms with Crippen molar-refractivity contribution in [3.05, 3.63) is 59.2 Å². The van der Waals surface area contributed by atoms with Crippen molar-refractivity contribution >= 4 is 11.9 Å². The van der Waals surface area contributed by atoms with E-state index in [1.807, 2.05) is 39.0 Å². The second-order valence-electron chi connectivity index (χ2n) is 5.46. The van der Waals surface area contributed by atoms with Crippen molar-refractivity contribution in [1.29, 1.82) is 0 Å². The van der Waals surface area contributed by atoms with E-state index in [1.54, 1.807) is 24.3 Å². The van der Waals surface area contributed by atoms with Gasteiger partial charge in [-0.3, -0.25) is 9.59 Å². The van der Waals surface area contributed by atoms with Crippen molar-refractivity contribution in [3.8, 4) is 11.5 Å². The van der Waals surface area contributed by atoms with Gasteiger partial charge in [0, 0.05) is 0 Å². The zero-order chi connectivity index (χ0) is 16.8. The maximum absolute atomic E-state index is 11.8. The summed E-state index contributed by atoms with van der Waals surface area (Å²) in [5.74, 6) is 0.108. The molecule has 0 unspecified atom stereocenters. The Morgan fingerprint density at radius 3 is 2.09 bits per heavy atom. The summed E-state index contributed by atoms with van der Waals surface area (Å²) < 4.78 is 10.5. The molecule has 2 aromatic carbocycles. The highest BCUT2D eigenvalue weighted by atomic mass is 16.5. The molecule has 0 amide bonds. The van der Waals surface area contributed by atoms with E-state index in [2.05, 4.69) is 0 Å². The fourth-order valence-corrected chi connectivity index (χ4v) is 2.01. The Morgan fingerprint density at radius 2 is 1.43 bits per heavy atom. The summed E-state index contributed by atoms with van der Waals surface area (Å²) in [4.78, 5) is 23.6. The highest BCUT2D eigenvalue weighted by Crippen LogP contribution is 2.18. The van der Waals surface area contributed by atoms with Crippen LogP contribution in [0.3, 0.4) is 0 Å². The Labute approximate surface area is 136 Å². The maximum Gasteiger partial charge on any atom is 0.311 e. The zero-order valence-electron chi connectivity index (χ0n) is 13.6. The summed E-state index contributed by atoms with van der Waals surface area (Å²) in [5, 5.41) is 0. The van der Waals surface area contributed by atoms with E-state index in [1.165, 1.54) is 0 Å². The van der Waals surface area contributed by atoms with Crippen LogP contribution in [0.4, 0.5) is 0 Å². The predicted molar refractivity (Wildman–Crippen MR) is 87.6 cm³/mol. The third kappa shape index (κ3) is 4.95. The number of hydrogen-bond acceptors (Lipinski definition) is 4. The molecule has 23 heavy (non-hydrogen) atoms. The van der Waals surface area contributed by atoms with Crippen molar-refractivity contribution in [3.63, 3.8) is 0 Å². The van der Waals surface area contributed by atoms with Crippen LogP contribution >= 0.6 is 0 Å². The molecule has 0 saturated carbocycles. The normalized spacial score (nSPS) is 10.2. The molecule has 0 atom stereocenters. The first-order valence-corrected chi connectivity index (χ1v) is 7.50. The van der Waals surface area contributed by atoms with Gasteiger partial charge in [0.2, 0.25) is 0 Å². The van der Waals surface area contributed by atoms with E-state index < -0.39 is 11.9 Å². The first-order chi connectivity index (χ1) is 11.0. The highest BCUT2D eigenvalue weighted by molar-refractivity contribution is 5.80. The van der Waals surface area contributed by atoms with Gasteiger partial charge in [0.25, 0.3) is 0 Å². The monoisotopic (exact) mass is 312 g/mol. The zero-order valence-corrected chi connectivity index (χ0v) is 13.6. The summed E-state index contributed by atoms with van der Waals surface area (Å²) in [6, 6.07) is 12.7. The van der Waals surface area contributed by atoms with Crippen LogP contribution in [0.2, 0.25) is 0 Å². The van der Waals surface area contributed by atoms with Gasteiger partial charge in [0.05, 0.1) is 12.8 Å². The second kappa shape index (κ2) is 7.58. The van der Waals surface area contributed by atoms with Crippen LogP contribution in [0.25, 0.3) is 0 Å². The van der Waals surface area contributed by atoms with E-state index in [0.717, 1.165) is 16.7 Å².